The topological polar surface area (TPSA) is 17.3 Å². The van der Waals surface area contributed by atoms with Crippen molar-refractivity contribution in [2.75, 3.05) is 0 Å². The van der Waals surface area contributed by atoms with E-state index in [1.807, 2.05) is 0 Å². The molecule has 0 saturated heterocycles. The molecule has 0 amide bonds. The first kappa shape index (κ1) is 13.5. The van der Waals surface area contributed by atoms with E-state index in [4.69, 9.17) is 11.6 Å². The number of aromatic nitrogens is 2. The van der Waals surface area contributed by atoms with E-state index in [9.17, 15) is 13.2 Å². The molecular formula is C13H8ClF3N2S. The molecule has 3 aromatic rings. The van der Waals surface area contributed by atoms with E-state index in [0.29, 0.717) is 21.1 Å². The van der Waals surface area contributed by atoms with Gasteiger partial charge in [-0.3, -0.25) is 0 Å². The summed E-state index contributed by atoms with van der Waals surface area (Å²) in [5.74, 6) is 0. The number of halogens is 4. The first-order chi connectivity index (χ1) is 9.36. The lowest BCUT2D eigenvalue weighted by Gasteiger charge is -2.06. The molecule has 0 fully saturated rings. The van der Waals surface area contributed by atoms with Crippen LogP contribution in [0.25, 0.3) is 16.0 Å². The minimum atomic E-state index is -4.37. The summed E-state index contributed by atoms with van der Waals surface area (Å²) in [4.78, 5) is 0.807. The maximum atomic E-state index is 12.8. The average molecular weight is 317 g/mol. The number of hydrogen-bond donors (Lipinski definition) is 0. The Kier molecular flexibility index (Phi) is 3.02. The fourth-order valence-corrected chi connectivity index (χ4v) is 3.24. The Hall–Kier alpha value is -1.53. The molecule has 3 aromatic heterocycles. The molecule has 0 aliphatic carbocycles. The first-order valence-electron chi connectivity index (χ1n) is 5.68. The molecule has 0 unspecified atom stereocenters. The van der Waals surface area contributed by atoms with Crippen LogP contribution in [0.5, 0.6) is 0 Å². The molecule has 0 bridgehead atoms. The van der Waals surface area contributed by atoms with Crippen LogP contribution >= 0.6 is 22.9 Å². The van der Waals surface area contributed by atoms with Crippen LogP contribution < -0.4 is 0 Å². The molecule has 0 radical (unpaired) electrons. The van der Waals surface area contributed by atoms with Gasteiger partial charge in [-0.15, -0.1) is 11.3 Å². The smallest absolute Gasteiger partial charge is 0.240 e. The van der Waals surface area contributed by atoms with Gasteiger partial charge in [0.25, 0.3) is 0 Å². The summed E-state index contributed by atoms with van der Waals surface area (Å²) in [6, 6.07) is 5.64. The lowest BCUT2D eigenvalue weighted by molar-refractivity contribution is -0.137. The normalized spacial score (nSPS) is 12.2. The minimum absolute atomic E-state index is 0.427. The van der Waals surface area contributed by atoms with Crippen molar-refractivity contribution in [3.63, 3.8) is 0 Å². The molecule has 0 aromatic carbocycles. The summed E-state index contributed by atoms with van der Waals surface area (Å²) in [5.41, 5.74) is 1.10. The zero-order valence-electron chi connectivity index (χ0n) is 10.2. The average Bonchev–Trinajstić information content (AvgIpc) is 2.89. The predicted molar refractivity (Wildman–Crippen MR) is 73.3 cm³/mol. The van der Waals surface area contributed by atoms with Gasteiger partial charge < -0.3 is 0 Å². The monoisotopic (exact) mass is 316 g/mol. The van der Waals surface area contributed by atoms with Gasteiger partial charge in [-0.2, -0.15) is 18.3 Å². The summed E-state index contributed by atoms with van der Waals surface area (Å²) in [6.07, 6.45) is -3.05. The van der Waals surface area contributed by atoms with Gasteiger partial charge in [-0.1, -0.05) is 11.6 Å². The fourth-order valence-electron chi connectivity index (χ4n) is 2.09. The molecule has 104 valence electrons. The van der Waals surface area contributed by atoms with Crippen LogP contribution in [0, 0.1) is 6.92 Å². The van der Waals surface area contributed by atoms with Crippen molar-refractivity contribution >= 4 is 28.5 Å². The van der Waals surface area contributed by atoms with Crippen molar-refractivity contribution in [1.29, 1.82) is 0 Å². The van der Waals surface area contributed by atoms with Crippen LogP contribution in [0.4, 0.5) is 13.2 Å². The van der Waals surface area contributed by atoms with Crippen molar-refractivity contribution in [2.24, 2.45) is 0 Å². The van der Waals surface area contributed by atoms with Crippen molar-refractivity contribution in [3.8, 4) is 10.4 Å². The molecule has 0 saturated carbocycles. The summed E-state index contributed by atoms with van der Waals surface area (Å²) in [7, 11) is 0. The van der Waals surface area contributed by atoms with Gasteiger partial charge in [0.15, 0.2) is 0 Å². The van der Waals surface area contributed by atoms with Crippen LogP contribution in [0.15, 0.2) is 30.5 Å². The van der Waals surface area contributed by atoms with E-state index in [1.165, 1.54) is 22.0 Å². The van der Waals surface area contributed by atoms with E-state index in [-0.39, 0.29) is 0 Å². The standard InChI is InChI=1S/C13H8ClF3N2S/c1-7-12(10-2-3-11(14)20-10)9-6-8(13(15,16)17)4-5-19(9)18-7/h2-6H,1H3. The van der Waals surface area contributed by atoms with E-state index in [0.717, 1.165) is 17.0 Å². The quantitative estimate of drug-likeness (QED) is 0.614. The molecule has 3 heterocycles. The van der Waals surface area contributed by atoms with Crippen LogP contribution in [-0.4, -0.2) is 9.61 Å². The Morgan fingerprint density at radius 2 is 2.00 bits per heavy atom. The number of fused-ring (bicyclic) bond motifs is 1. The van der Waals surface area contributed by atoms with Crippen molar-refractivity contribution in [3.05, 3.63) is 46.1 Å². The van der Waals surface area contributed by atoms with E-state index < -0.39 is 11.7 Å². The number of pyridine rings is 1. The van der Waals surface area contributed by atoms with Crippen molar-refractivity contribution in [2.45, 2.75) is 13.1 Å². The summed E-state index contributed by atoms with van der Waals surface area (Å²) in [5, 5.41) is 4.23. The Morgan fingerprint density at radius 1 is 1.25 bits per heavy atom. The second-order valence-corrected chi connectivity index (χ2v) is 6.02. The van der Waals surface area contributed by atoms with Gasteiger partial charge in [0.05, 0.1) is 21.1 Å². The molecule has 0 aliphatic rings. The zero-order valence-corrected chi connectivity index (χ0v) is 11.8. The number of hydrogen-bond acceptors (Lipinski definition) is 2. The van der Waals surface area contributed by atoms with Gasteiger partial charge in [0.1, 0.15) is 0 Å². The molecule has 0 spiro atoms. The van der Waals surface area contributed by atoms with Crippen LogP contribution in [0.1, 0.15) is 11.3 Å². The Bertz CT molecular complexity index is 789. The van der Waals surface area contributed by atoms with Crippen LogP contribution in [0.3, 0.4) is 0 Å². The highest BCUT2D eigenvalue weighted by Crippen LogP contribution is 2.37. The largest absolute Gasteiger partial charge is 0.416 e. The van der Waals surface area contributed by atoms with Gasteiger partial charge >= 0.3 is 6.18 Å². The second kappa shape index (κ2) is 4.49. The van der Waals surface area contributed by atoms with E-state index in [1.54, 1.807) is 19.1 Å². The Balaban J connectivity index is 2.28. The highest BCUT2D eigenvalue weighted by Gasteiger charge is 2.31. The third-order valence-corrected chi connectivity index (χ3v) is 4.21. The minimum Gasteiger partial charge on any atom is -0.240 e. The van der Waals surface area contributed by atoms with Crippen LogP contribution in [-0.2, 0) is 6.18 Å². The van der Waals surface area contributed by atoms with E-state index in [2.05, 4.69) is 5.10 Å². The number of aryl methyl sites for hydroxylation is 1. The molecule has 7 heteroatoms. The second-order valence-electron chi connectivity index (χ2n) is 4.31. The SMILES string of the molecule is Cc1nn2ccc(C(F)(F)F)cc2c1-c1ccc(Cl)s1. The molecule has 20 heavy (non-hydrogen) atoms. The maximum Gasteiger partial charge on any atom is 0.416 e. The zero-order chi connectivity index (χ0) is 14.5. The highest BCUT2D eigenvalue weighted by molar-refractivity contribution is 7.19. The number of nitrogens with zero attached hydrogens (tertiary/aromatic N) is 2. The van der Waals surface area contributed by atoms with Crippen molar-refractivity contribution in [1.82, 2.24) is 9.61 Å². The third kappa shape index (κ3) is 2.19. The number of rotatable bonds is 1. The van der Waals surface area contributed by atoms with Gasteiger partial charge in [-0.25, -0.2) is 4.52 Å². The fraction of sp³-hybridized carbons (Fsp3) is 0.154. The summed E-state index contributed by atoms with van der Waals surface area (Å²) < 4.78 is 40.5. The lowest BCUT2D eigenvalue weighted by atomic mass is 10.1. The van der Waals surface area contributed by atoms with Crippen LogP contribution in [0.2, 0.25) is 4.34 Å². The van der Waals surface area contributed by atoms with Gasteiger partial charge in [0.2, 0.25) is 0 Å². The Labute approximate surface area is 121 Å². The Morgan fingerprint density at radius 3 is 2.60 bits per heavy atom. The number of thiophene rings is 1. The molecule has 0 atom stereocenters. The van der Waals surface area contributed by atoms with E-state index >= 15 is 0 Å². The maximum absolute atomic E-state index is 12.8. The van der Waals surface area contributed by atoms with Crippen molar-refractivity contribution < 1.29 is 13.2 Å². The highest BCUT2D eigenvalue weighted by atomic mass is 35.5. The molecular weight excluding hydrogens is 309 g/mol. The number of alkyl halides is 3. The summed E-state index contributed by atoms with van der Waals surface area (Å²) in [6.45, 7) is 1.77. The lowest BCUT2D eigenvalue weighted by Crippen LogP contribution is -2.05. The molecule has 0 aliphatic heterocycles. The molecule has 0 N–H and O–H groups in total. The van der Waals surface area contributed by atoms with Gasteiger partial charge in [0, 0.05) is 16.6 Å². The molecule has 3 rings (SSSR count). The summed E-state index contributed by atoms with van der Waals surface area (Å²) >= 11 is 7.21. The molecule has 2 nitrogen and oxygen atoms in total. The first-order valence-corrected chi connectivity index (χ1v) is 6.87. The third-order valence-electron chi connectivity index (χ3n) is 2.96. The van der Waals surface area contributed by atoms with Gasteiger partial charge in [-0.05, 0) is 31.2 Å². The predicted octanol–water partition coefficient (Wildman–Crippen LogP) is 5.04.